The average Bonchev–Trinajstić information content (AvgIpc) is 2.93. The van der Waals surface area contributed by atoms with Crippen molar-refractivity contribution < 1.29 is 4.74 Å². The fraction of sp³-hybridized carbons (Fsp3) is 0.688. The number of hydrogen-bond acceptors (Lipinski definition) is 4. The van der Waals surface area contributed by atoms with Crippen LogP contribution in [0.15, 0.2) is 6.07 Å². The summed E-state index contributed by atoms with van der Waals surface area (Å²) in [6.07, 6.45) is 4.84. The molecule has 0 radical (unpaired) electrons. The molecular formula is C16H25N3O. The monoisotopic (exact) mass is 275 g/mol. The molecule has 1 aromatic heterocycles. The Morgan fingerprint density at radius 1 is 1.45 bits per heavy atom. The lowest BCUT2D eigenvalue weighted by molar-refractivity contribution is 0.0295. The zero-order chi connectivity index (χ0) is 14.1. The number of aromatic nitrogens is 1. The minimum absolute atomic E-state index is 0.262. The minimum atomic E-state index is 0.262. The summed E-state index contributed by atoms with van der Waals surface area (Å²) in [4.78, 5) is 7.40. The smallest absolute Gasteiger partial charge is 0.133 e. The maximum Gasteiger partial charge on any atom is 0.133 e. The highest BCUT2D eigenvalue weighted by atomic mass is 16.5. The summed E-state index contributed by atoms with van der Waals surface area (Å²) in [5.41, 5.74) is 9.86. The number of ether oxygens (including phenoxy) is 1. The van der Waals surface area contributed by atoms with Gasteiger partial charge >= 0.3 is 0 Å². The van der Waals surface area contributed by atoms with E-state index in [0.717, 1.165) is 38.2 Å². The molecule has 1 saturated heterocycles. The molecule has 4 heteroatoms. The van der Waals surface area contributed by atoms with Crippen LogP contribution >= 0.6 is 0 Å². The van der Waals surface area contributed by atoms with E-state index in [0.29, 0.717) is 12.6 Å². The van der Waals surface area contributed by atoms with Crippen LogP contribution in [-0.4, -0.2) is 30.3 Å². The van der Waals surface area contributed by atoms with Crippen molar-refractivity contribution in [2.45, 2.75) is 58.2 Å². The third-order valence-electron chi connectivity index (χ3n) is 4.54. The van der Waals surface area contributed by atoms with Gasteiger partial charge in [0.1, 0.15) is 5.82 Å². The Morgan fingerprint density at radius 3 is 3.05 bits per heavy atom. The first-order valence-electron chi connectivity index (χ1n) is 7.83. The maximum absolute atomic E-state index is 5.98. The summed E-state index contributed by atoms with van der Waals surface area (Å²) < 4.78 is 5.80. The number of fused-ring (bicyclic) bond motifs is 1. The Balaban J connectivity index is 1.98. The van der Waals surface area contributed by atoms with Gasteiger partial charge in [-0.2, -0.15) is 0 Å². The van der Waals surface area contributed by atoms with Crippen molar-refractivity contribution in [1.29, 1.82) is 0 Å². The molecule has 2 unspecified atom stereocenters. The first-order valence-corrected chi connectivity index (χ1v) is 7.83. The van der Waals surface area contributed by atoms with Gasteiger partial charge in [0.05, 0.1) is 18.8 Å². The van der Waals surface area contributed by atoms with Crippen LogP contribution in [-0.2, 0) is 24.1 Å². The number of hydrogen-bond donors (Lipinski definition) is 1. The van der Waals surface area contributed by atoms with E-state index in [9.17, 15) is 0 Å². The zero-order valence-electron chi connectivity index (χ0n) is 12.6. The highest BCUT2D eigenvalue weighted by Gasteiger charge is 2.29. The quantitative estimate of drug-likeness (QED) is 0.917. The lowest BCUT2D eigenvalue weighted by atomic mass is 10.1. The van der Waals surface area contributed by atoms with Gasteiger partial charge < -0.3 is 15.4 Å². The normalized spacial score (nSPS) is 25.9. The lowest BCUT2D eigenvalue weighted by Gasteiger charge is -2.40. The van der Waals surface area contributed by atoms with Gasteiger partial charge in [-0.1, -0.05) is 6.92 Å². The second kappa shape index (κ2) is 5.70. The molecule has 2 N–H and O–H groups in total. The van der Waals surface area contributed by atoms with Gasteiger partial charge in [-0.15, -0.1) is 0 Å². The van der Waals surface area contributed by atoms with Crippen molar-refractivity contribution in [3.8, 4) is 0 Å². The molecule has 0 amide bonds. The van der Waals surface area contributed by atoms with Crippen LogP contribution in [0, 0.1) is 0 Å². The molecule has 0 bridgehead atoms. The topological polar surface area (TPSA) is 51.4 Å². The third kappa shape index (κ3) is 2.42. The van der Waals surface area contributed by atoms with Crippen molar-refractivity contribution in [3.05, 3.63) is 22.9 Å². The summed E-state index contributed by atoms with van der Waals surface area (Å²) >= 11 is 0. The molecule has 2 atom stereocenters. The molecule has 0 spiro atoms. The van der Waals surface area contributed by atoms with Gasteiger partial charge in [-0.3, -0.25) is 0 Å². The predicted molar refractivity (Wildman–Crippen MR) is 81.0 cm³/mol. The first-order chi connectivity index (χ1) is 9.72. The van der Waals surface area contributed by atoms with Crippen LogP contribution in [0.2, 0.25) is 0 Å². The number of morpholine rings is 1. The Bertz CT molecular complexity index is 489. The number of rotatable bonds is 3. The number of nitrogens with two attached hydrogens (primary N) is 1. The number of nitrogens with zero attached hydrogens (tertiary/aromatic N) is 2. The summed E-state index contributed by atoms with van der Waals surface area (Å²) in [5.74, 6) is 1.11. The number of aryl methyl sites for hydroxylation is 2. The van der Waals surface area contributed by atoms with Crippen molar-refractivity contribution in [3.63, 3.8) is 0 Å². The van der Waals surface area contributed by atoms with Crippen molar-refractivity contribution in [1.82, 2.24) is 4.98 Å². The van der Waals surface area contributed by atoms with E-state index in [-0.39, 0.29) is 6.10 Å². The predicted octanol–water partition coefficient (Wildman–Crippen LogP) is 2.03. The van der Waals surface area contributed by atoms with Gasteiger partial charge in [0.2, 0.25) is 0 Å². The van der Waals surface area contributed by atoms with Gasteiger partial charge in [-0.25, -0.2) is 4.98 Å². The number of anilines is 1. The largest absolute Gasteiger partial charge is 0.375 e. The molecule has 0 aromatic carbocycles. The molecule has 1 aliphatic carbocycles. The van der Waals surface area contributed by atoms with Crippen LogP contribution in [0.5, 0.6) is 0 Å². The second-order valence-corrected chi connectivity index (χ2v) is 5.99. The van der Waals surface area contributed by atoms with Crippen LogP contribution in [0.3, 0.4) is 0 Å². The molecular weight excluding hydrogens is 250 g/mol. The first kappa shape index (κ1) is 13.8. The van der Waals surface area contributed by atoms with E-state index in [1.165, 1.54) is 23.2 Å². The number of pyridine rings is 1. The highest BCUT2D eigenvalue weighted by molar-refractivity contribution is 5.52. The van der Waals surface area contributed by atoms with E-state index in [1.54, 1.807) is 0 Å². The van der Waals surface area contributed by atoms with E-state index in [1.807, 2.05) is 0 Å². The van der Waals surface area contributed by atoms with Crippen molar-refractivity contribution in [2.75, 3.05) is 18.1 Å². The molecule has 2 aliphatic rings. The van der Waals surface area contributed by atoms with Crippen LogP contribution in [0.1, 0.15) is 43.5 Å². The van der Waals surface area contributed by atoms with Crippen molar-refractivity contribution >= 4 is 5.82 Å². The van der Waals surface area contributed by atoms with Crippen LogP contribution in [0.4, 0.5) is 5.82 Å². The average molecular weight is 275 g/mol. The summed E-state index contributed by atoms with van der Waals surface area (Å²) in [6.45, 7) is 6.62. The molecule has 4 nitrogen and oxygen atoms in total. The molecule has 1 aromatic rings. The maximum atomic E-state index is 5.98. The van der Waals surface area contributed by atoms with Gasteiger partial charge in [-0.05, 0) is 44.2 Å². The standard InChI is InChI=1S/C16H25N3O/c1-3-14-10-20-11(2)9-19(14)16-13(8-17)7-12-5-4-6-15(12)18-16/h7,11,14H,3-6,8-10,17H2,1-2H3. The summed E-state index contributed by atoms with van der Waals surface area (Å²) in [5, 5.41) is 0. The Hall–Kier alpha value is -1.13. The SMILES string of the molecule is CCC1COC(C)CN1c1nc2c(cc1CN)CCC2. The highest BCUT2D eigenvalue weighted by Crippen LogP contribution is 2.30. The molecule has 1 aliphatic heterocycles. The van der Waals surface area contributed by atoms with E-state index < -0.39 is 0 Å². The minimum Gasteiger partial charge on any atom is -0.375 e. The zero-order valence-corrected chi connectivity index (χ0v) is 12.6. The molecule has 0 saturated carbocycles. The lowest BCUT2D eigenvalue weighted by Crippen LogP contribution is -2.49. The fourth-order valence-corrected chi connectivity index (χ4v) is 3.35. The van der Waals surface area contributed by atoms with Crippen LogP contribution < -0.4 is 10.6 Å². The van der Waals surface area contributed by atoms with E-state index in [2.05, 4.69) is 24.8 Å². The fourth-order valence-electron chi connectivity index (χ4n) is 3.35. The van der Waals surface area contributed by atoms with Gasteiger partial charge in [0.15, 0.2) is 0 Å². The van der Waals surface area contributed by atoms with E-state index >= 15 is 0 Å². The summed E-state index contributed by atoms with van der Waals surface area (Å²) in [6, 6.07) is 2.71. The van der Waals surface area contributed by atoms with Crippen molar-refractivity contribution in [2.24, 2.45) is 5.73 Å². The van der Waals surface area contributed by atoms with Crippen LogP contribution in [0.25, 0.3) is 0 Å². The van der Waals surface area contributed by atoms with Gasteiger partial charge in [0, 0.05) is 24.3 Å². The van der Waals surface area contributed by atoms with Gasteiger partial charge in [0.25, 0.3) is 0 Å². The molecule has 3 rings (SSSR count). The van der Waals surface area contributed by atoms with E-state index in [4.69, 9.17) is 15.5 Å². The second-order valence-electron chi connectivity index (χ2n) is 5.99. The molecule has 1 fully saturated rings. The Morgan fingerprint density at radius 2 is 2.30 bits per heavy atom. The Kier molecular flexibility index (Phi) is 3.94. The molecule has 110 valence electrons. The third-order valence-corrected chi connectivity index (χ3v) is 4.54. The summed E-state index contributed by atoms with van der Waals surface area (Å²) in [7, 11) is 0. The molecule has 20 heavy (non-hydrogen) atoms. The molecule has 2 heterocycles. The Labute approximate surface area is 121 Å².